The highest BCUT2D eigenvalue weighted by atomic mass is 31.2. The van der Waals surface area contributed by atoms with Gasteiger partial charge in [0.2, 0.25) is 0 Å². The van der Waals surface area contributed by atoms with Crippen LogP contribution in [0.1, 0.15) is 382 Å². The Morgan fingerprint density at radius 3 is 0.928 bits per heavy atom. The Morgan fingerprint density at radius 1 is 0.340 bits per heavy atom. The molecule has 6 atom stereocenters. The number of phosphoric acid groups is 2. The van der Waals surface area contributed by atoms with E-state index in [0.29, 0.717) is 25.7 Å². The normalized spacial score (nSPS) is 14.4. The molecule has 17 nitrogen and oxygen atoms in total. The molecule has 0 spiro atoms. The van der Waals surface area contributed by atoms with Gasteiger partial charge < -0.3 is 33.8 Å². The number of hydrogen-bond donors (Lipinski definition) is 3. The summed E-state index contributed by atoms with van der Waals surface area (Å²) in [5.41, 5.74) is 0. The van der Waals surface area contributed by atoms with Gasteiger partial charge in [-0.2, -0.15) is 0 Å². The summed E-state index contributed by atoms with van der Waals surface area (Å²) >= 11 is 0. The fourth-order valence-corrected chi connectivity index (χ4v) is 13.0. The molecule has 0 saturated carbocycles. The van der Waals surface area contributed by atoms with Crippen molar-refractivity contribution in [3.05, 3.63) is 24.3 Å². The summed E-state index contributed by atoms with van der Waals surface area (Å²) in [6, 6.07) is 0. The number of unbranched alkanes of at least 4 members (excludes halogenated alkanes) is 41. The highest BCUT2D eigenvalue weighted by molar-refractivity contribution is 7.47. The van der Waals surface area contributed by atoms with E-state index in [0.717, 1.165) is 127 Å². The van der Waals surface area contributed by atoms with Gasteiger partial charge in [0.25, 0.3) is 0 Å². The first-order valence-electron chi connectivity index (χ1n) is 39.8. The second-order valence-electron chi connectivity index (χ2n) is 28.1. The van der Waals surface area contributed by atoms with Gasteiger partial charge in [0.05, 0.1) is 26.4 Å². The molecule has 0 saturated heterocycles. The molecule has 97 heavy (non-hydrogen) atoms. The Labute approximate surface area is 592 Å². The molecule has 0 aromatic carbocycles. The molecule has 0 rings (SSSR count). The lowest BCUT2D eigenvalue weighted by Gasteiger charge is -2.21. The molecule has 572 valence electrons. The average Bonchev–Trinajstić information content (AvgIpc) is 1.25. The molecule has 0 fully saturated rings. The highest BCUT2D eigenvalue weighted by Crippen LogP contribution is 2.45. The second kappa shape index (κ2) is 69.3. The molecule has 0 aromatic heterocycles. The second-order valence-corrected chi connectivity index (χ2v) is 31.0. The summed E-state index contributed by atoms with van der Waals surface area (Å²) in [6.45, 7) is 9.53. The lowest BCUT2D eigenvalue weighted by molar-refractivity contribution is -0.161. The maximum absolute atomic E-state index is 13.1. The summed E-state index contributed by atoms with van der Waals surface area (Å²) in [5, 5.41) is 10.6. The van der Waals surface area contributed by atoms with Gasteiger partial charge in [0, 0.05) is 25.7 Å². The Bertz CT molecular complexity index is 1970. The van der Waals surface area contributed by atoms with Gasteiger partial charge in [-0.1, -0.05) is 329 Å². The number of phosphoric ester groups is 2. The number of carbonyl (C=O) groups is 4. The van der Waals surface area contributed by atoms with E-state index in [9.17, 15) is 43.2 Å². The Balaban J connectivity index is 5.27. The van der Waals surface area contributed by atoms with Crippen molar-refractivity contribution >= 4 is 39.5 Å². The van der Waals surface area contributed by atoms with Gasteiger partial charge in [0.15, 0.2) is 12.2 Å². The summed E-state index contributed by atoms with van der Waals surface area (Å²) in [6.07, 6.45) is 60.4. The average molecular weight is 1420 g/mol. The highest BCUT2D eigenvalue weighted by Gasteiger charge is 2.30. The van der Waals surface area contributed by atoms with Crippen LogP contribution in [-0.2, 0) is 65.4 Å². The van der Waals surface area contributed by atoms with Gasteiger partial charge in [-0.15, -0.1) is 0 Å². The van der Waals surface area contributed by atoms with Crippen molar-refractivity contribution in [2.75, 3.05) is 39.6 Å². The van der Waals surface area contributed by atoms with E-state index in [2.05, 4.69) is 65.8 Å². The van der Waals surface area contributed by atoms with E-state index in [1.54, 1.807) is 0 Å². The van der Waals surface area contributed by atoms with Crippen molar-refractivity contribution < 1.29 is 80.2 Å². The molecule has 0 amide bonds. The molecule has 0 heterocycles. The van der Waals surface area contributed by atoms with Gasteiger partial charge in [-0.05, 0) is 63.2 Å². The van der Waals surface area contributed by atoms with Crippen LogP contribution in [0.3, 0.4) is 0 Å². The SMILES string of the molecule is CCCCCC/C=C\C=C/CCCCCCCC(=O)OC[C@H](COP(=O)(O)OC[C@@H](O)COP(=O)(O)OC[C@@H](COC(=O)CCCCCCCCC(C)CC)OC(=O)CCCCCCCCCCCCCCC)OC(=O)CCCCCCCCCCCCCCCCCCC(C)C. The molecule has 0 radical (unpaired) electrons. The molecule has 3 N–H and O–H groups in total. The molecule has 0 bridgehead atoms. The van der Waals surface area contributed by atoms with Crippen LogP contribution in [0.5, 0.6) is 0 Å². The zero-order chi connectivity index (χ0) is 71.4. The first-order chi connectivity index (χ1) is 46.9. The number of aliphatic hydroxyl groups excluding tert-OH is 1. The van der Waals surface area contributed by atoms with Crippen LogP contribution in [0, 0.1) is 11.8 Å². The molecule has 0 aliphatic heterocycles. The van der Waals surface area contributed by atoms with Gasteiger partial charge in [-0.25, -0.2) is 9.13 Å². The van der Waals surface area contributed by atoms with E-state index >= 15 is 0 Å². The van der Waals surface area contributed by atoms with Crippen LogP contribution in [0.2, 0.25) is 0 Å². The molecule has 0 aliphatic rings. The Morgan fingerprint density at radius 2 is 0.608 bits per heavy atom. The molecule has 0 aromatic rings. The lowest BCUT2D eigenvalue weighted by Crippen LogP contribution is -2.30. The quantitative estimate of drug-likeness (QED) is 0.0169. The van der Waals surface area contributed by atoms with Crippen molar-refractivity contribution in [3.8, 4) is 0 Å². The third kappa shape index (κ3) is 70.4. The zero-order valence-electron chi connectivity index (χ0n) is 62.9. The van der Waals surface area contributed by atoms with Crippen LogP contribution in [0.25, 0.3) is 0 Å². The Hall–Kier alpha value is -2.46. The monoisotopic (exact) mass is 1420 g/mol. The first-order valence-corrected chi connectivity index (χ1v) is 42.8. The predicted molar refractivity (Wildman–Crippen MR) is 395 cm³/mol. The van der Waals surface area contributed by atoms with Crippen molar-refractivity contribution in [2.45, 2.75) is 400 Å². The third-order valence-electron chi connectivity index (χ3n) is 17.9. The smallest absolute Gasteiger partial charge is 0.462 e. The van der Waals surface area contributed by atoms with Crippen molar-refractivity contribution in [1.82, 2.24) is 0 Å². The van der Waals surface area contributed by atoms with Crippen molar-refractivity contribution in [2.24, 2.45) is 11.8 Å². The standard InChI is InChI=1S/C78H148O17P2/c1-7-10-12-14-16-18-20-22-25-30-33-37-41-48-54-60-75(80)88-66-73(94-77(82)63-57-51-43-39-35-31-27-24-23-26-29-32-36-40-46-52-58-70(4)5)68-92-96(84,85)90-64-72(79)65-91-97(86,87)93-69-74(67-89-76(81)61-55-49-45-44-47-53-59-71(6)9-3)95-78(83)62-56-50-42-38-34-28-21-19-17-15-13-11-8-2/h18,20,22,25,70-74,79H,7-17,19,21,23-24,26-69H2,1-6H3,(H,84,85)(H,86,87)/b20-18-,25-22-/t71?,72-,73-,74-/m1/s1. The zero-order valence-corrected chi connectivity index (χ0v) is 64.7. The maximum Gasteiger partial charge on any atom is 0.472 e. The van der Waals surface area contributed by atoms with Gasteiger partial charge in [0.1, 0.15) is 19.3 Å². The van der Waals surface area contributed by atoms with Crippen LogP contribution in [-0.4, -0.2) is 96.7 Å². The van der Waals surface area contributed by atoms with E-state index in [-0.39, 0.29) is 25.7 Å². The van der Waals surface area contributed by atoms with E-state index in [4.69, 9.17) is 37.0 Å². The predicted octanol–water partition coefficient (Wildman–Crippen LogP) is 22.7. The maximum atomic E-state index is 13.1. The summed E-state index contributed by atoms with van der Waals surface area (Å²) in [7, 11) is -9.93. The minimum Gasteiger partial charge on any atom is -0.462 e. The minimum absolute atomic E-state index is 0.101. The van der Waals surface area contributed by atoms with Crippen LogP contribution in [0.15, 0.2) is 24.3 Å². The van der Waals surface area contributed by atoms with Gasteiger partial charge in [-0.3, -0.25) is 37.3 Å². The number of carbonyl (C=O) groups excluding carboxylic acids is 4. The van der Waals surface area contributed by atoms with Crippen molar-refractivity contribution in [3.63, 3.8) is 0 Å². The largest absolute Gasteiger partial charge is 0.472 e. The summed E-state index contributed by atoms with van der Waals surface area (Å²) in [4.78, 5) is 72.9. The minimum atomic E-state index is -4.97. The van der Waals surface area contributed by atoms with E-state index in [1.807, 2.05) is 0 Å². The first kappa shape index (κ1) is 94.5. The summed E-state index contributed by atoms with van der Waals surface area (Å²) in [5.74, 6) is -0.607. The number of ether oxygens (including phenoxy) is 4. The van der Waals surface area contributed by atoms with Crippen LogP contribution >= 0.6 is 15.6 Å². The number of allylic oxidation sites excluding steroid dienone is 4. The number of aliphatic hydroxyl groups is 1. The number of esters is 4. The fourth-order valence-electron chi connectivity index (χ4n) is 11.4. The molecule has 19 heteroatoms. The van der Waals surface area contributed by atoms with Gasteiger partial charge >= 0.3 is 39.5 Å². The Kier molecular flexibility index (Phi) is 67.5. The fraction of sp³-hybridized carbons (Fsp3) is 0.897. The third-order valence-corrected chi connectivity index (χ3v) is 19.8. The van der Waals surface area contributed by atoms with Crippen LogP contribution in [0.4, 0.5) is 0 Å². The van der Waals surface area contributed by atoms with E-state index < -0.39 is 97.5 Å². The van der Waals surface area contributed by atoms with E-state index in [1.165, 1.54) is 173 Å². The molecular weight excluding hydrogens is 1270 g/mol. The lowest BCUT2D eigenvalue weighted by atomic mass is 10.00. The van der Waals surface area contributed by atoms with Crippen LogP contribution < -0.4 is 0 Å². The summed E-state index contributed by atoms with van der Waals surface area (Å²) < 4.78 is 68.5. The molecular formula is C78H148O17P2. The topological polar surface area (TPSA) is 237 Å². The van der Waals surface area contributed by atoms with Crippen molar-refractivity contribution in [1.29, 1.82) is 0 Å². The molecule has 3 unspecified atom stereocenters. The number of rotatable bonds is 75. The molecule has 0 aliphatic carbocycles. The number of hydrogen-bond acceptors (Lipinski definition) is 15.